The Kier molecular flexibility index (Phi) is 5.64. The number of rotatable bonds is 5. The Morgan fingerprint density at radius 2 is 1.72 bits per heavy atom. The third-order valence-corrected chi connectivity index (χ3v) is 7.67. The van der Waals surface area contributed by atoms with Crippen molar-refractivity contribution in [2.24, 2.45) is 0 Å². The second kappa shape index (κ2) is 8.19. The number of sulfonamides is 1. The van der Waals surface area contributed by atoms with Crippen LogP contribution in [0.25, 0.3) is 0 Å². The monoisotopic (exact) mass is 420 g/mol. The van der Waals surface area contributed by atoms with Crippen LogP contribution in [0.1, 0.15) is 68.6 Å². The number of nitro benzene ring substituents is 1. The average Bonchev–Trinajstić information content (AvgIpc) is 3.25. The third kappa shape index (κ3) is 4.18. The van der Waals surface area contributed by atoms with Gasteiger partial charge in [-0.2, -0.15) is 4.31 Å². The first-order valence-corrected chi connectivity index (χ1v) is 11.5. The maximum atomic E-state index is 13.0. The summed E-state index contributed by atoms with van der Waals surface area (Å²) in [5.74, 6) is 1.29. The van der Waals surface area contributed by atoms with Gasteiger partial charge in [-0.25, -0.2) is 8.42 Å². The molecule has 2 fully saturated rings. The van der Waals surface area contributed by atoms with Gasteiger partial charge in [0, 0.05) is 31.1 Å². The highest BCUT2D eigenvalue weighted by molar-refractivity contribution is 7.89. The van der Waals surface area contributed by atoms with E-state index in [1.165, 1.54) is 41.8 Å². The Morgan fingerprint density at radius 3 is 2.45 bits per heavy atom. The quantitative estimate of drug-likeness (QED) is 0.535. The summed E-state index contributed by atoms with van der Waals surface area (Å²) in [6.45, 7) is 0.600. The molecule has 0 amide bonds. The summed E-state index contributed by atoms with van der Waals surface area (Å²) >= 11 is 0. The molecule has 1 unspecified atom stereocenters. The molecular weight excluding hydrogens is 396 g/mol. The summed E-state index contributed by atoms with van der Waals surface area (Å²) in [4.78, 5) is 10.3. The van der Waals surface area contributed by atoms with Gasteiger partial charge in [0.1, 0.15) is 0 Å². The molecule has 0 bridgehead atoms. The molecule has 156 valence electrons. The van der Waals surface area contributed by atoms with E-state index < -0.39 is 14.9 Å². The molecule has 10 heteroatoms. The SMILES string of the molecule is O=[N+]([O-])c1cccc(S(=O)(=O)N2CCCC(c3nnc(C4CCCCC4)o3)C2)c1. The van der Waals surface area contributed by atoms with E-state index in [-0.39, 0.29) is 23.0 Å². The van der Waals surface area contributed by atoms with E-state index in [1.807, 2.05) is 0 Å². The minimum atomic E-state index is -3.83. The number of non-ortho nitro benzene ring substituents is 1. The summed E-state index contributed by atoms with van der Waals surface area (Å²) in [5.41, 5.74) is -0.242. The molecule has 1 saturated carbocycles. The molecule has 2 heterocycles. The summed E-state index contributed by atoms with van der Waals surface area (Å²) in [6.07, 6.45) is 7.12. The predicted octanol–water partition coefficient (Wildman–Crippen LogP) is 3.59. The Balaban J connectivity index is 1.51. The zero-order chi connectivity index (χ0) is 20.4. The average molecular weight is 420 g/mol. The van der Waals surface area contributed by atoms with Crippen molar-refractivity contribution in [2.75, 3.05) is 13.1 Å². The molecule has 0 N–H and O–H groups in total. The Bertz CT molecular complexity index is 984. The molecule has 1 aromatic heterocycles. The fourth-order valence-corrected chi connectivity index (χ4v) is 5.76. The third-order valence-electron chi connectivity index (χ3n) is 5.81. The molecule has 9 nitrogen and oxygen atoms in total. The van der Waals surface area contributed by atoms with Gasteiger partial charge >= 0.3 is 0 Å². The van der Waals surface area contributed by atoms with Gasteiger partial charge < -0.3 is 4.42 Å². The summed E-state index contributed by atoms with van der Waals surface area (Å²) in [7, 11) is -3.83. The highest BCUT2D eigenvalue weighted by Gasteiger charge is 2.34. The predicted molar refractivity (Wildman–Crippen MR) is 104 cm³/mol. The topological polar surface area (TPSA) is 119 Å². The fourth-order valence-electron chi connectivity index (χ4n) is 4.19. The van der Waals surface area contributed by atoms with Crippen LogP contribution in [-0.2, 0) is 10.0 Å². The number of nitro groups is 1. The molecule has 0 radical (unpaired) electrons. The molecule has 1 aliphatic carbocycles. The first kappa shape index (κ1) is 20.0. The van der Waals surface area contributed by atoms with Gasteiger partial charge in [-0.3, -0.25) is 10.1 Å². The van der Waals surface area contributed by atoms with Crippen molar-refractivity contribution in [1.82, 2.24) is 14.5 Å². The number of benzene rings is 1. The Labute approximate surface area is 169 Å². The lowest BCUT2D eigenvalue weighted by Gasteiger charge is -2.30. The van der Waals surface area contributed by atoms with Crippen LogP contribution in [-0.4, -0.2) is 40.9 Å². The molecule has 4 rings (SSSR count). The van der Waals surface area contributed by atoms with E-state index in [2.05, 4.69) is 10.2 Å². The van der Waals surface area contributed by atoms with Crippen LogP contribution >= 0.6 is 0 Å². The van der Waals surface area contributed by atoms with Crippen LogP contribution in [0, 0.1) is 10.1 Å². The first-order chi connectivity index (χ1) is 13.9. The highest BCUT2D eigenvalue weighted by Crippen LogP contribution is 2.35. The van der Waals surface area contributed by atoms with Gasteiger partial charge in [-0.15, -0.1) is 10.2 Å². The van der Waals surface area contributed by atoms with Gasteiger partial charge in [0.2, 0.25) is 21.8 Å². The molecule has 2 aromatic rings. The zero-order valence-electron chi connectivity index (χ0n) is 16.1. The normalized spacial score (nSPS) is 21.9. The van der Waals surface area contributed by atoms with Gasteiger partial charge in [0.25, 0.3) is 5.69 Å². The lowest BCUT2D eigenvalue weighted by atomic mass is 9.89. The highest BCUT2D eigenvalue weighted by atomic mass is 32.2. The molecular formula is C19H24N4O5S. The minimum Gasteiger partial charge on any atom is -0.425 e. The van der Waals surface area contributed by atoms with Crippen molar-refractivity contribution >= 4 is 15.7 Å². The van der Waals surface area contributed by atoms with E-state index in [0.717, 1.165) is 25.3 Å². The van der Waals surface area contributed by atoms with Gasteiger partial charge in [0.05, 0.1) is 15.7 Å². The number of piperidine rings is 1. The molecule has 1 aliphatic heterocycles. The molecule has 2 aliphatic rings. The summed E-state index contributed by atoms with van der Waals surface area (Å²) in [6, 6.07) is 5.16. The second-order valence-corrected chi connectivity index (χ2v) is 9.71. The number of hydrogen-bond acceptors (Lipinski definition) is 7. The van der Waals surface area contributed by atoms with Crippen molar-refractivity contribution in [2.45, 2.75) is 61.7 Å². The summed E-state index contributed by atoms with van der Waals surface area (Å²) in [5, 5.41) is 19.4. The smallest absolute Gasteiger partial charge is 0.270 e. The van der Waals surface area contributed by atoms with Crippen LogP contribution in [0.4, 0.5) is 5.69 Å². The van der Waals surface area contributed by atoms with E-state index >= 15 is 0 Å². The lowest BCUT2D eigenvalue weighted by Crippen LogP contribution is -2.39. The van der Waals surface area contributed by atoms with E-state index in [9.17, 15) is 18.5 Å². The van der Waals surface area contributed by atoms with Crippen molar-refractivity contribution in [3.05, 3.63) is 46.2 Å². The van der Waals surface area contributed by atoms with Crippen LogP contribution in [0.5, 0.6) is 0 Å². The molecule has 29 heavy (non-hydrogen) atoms. The Morgan fingerprint density at radius 1 is 1.03 bits per heavy atom. The van der Waals surface area contributed by atoms with Gasteiger partial charge in [0.15, 0.2) is 0 Å². The van der Waals surface area contributed by atoms with Crippen molar-refractivity contribution in [3.63, 3.8) is 0 Å². The van der Waals surface area contributed by atoms with Crippen molar-refractivity contribution in [1.29, 1.82) is 0 Å². The van der Waals surface area contributed by atoms with E-state index in [0.29, 0.717) is 30.7 Å². The number of nitrogens with zero attached hydrogens (tertiary/aromatic N) is 4. The number of hydrogen-bond donors (Lipinski definition) is 0. The van der Waals surface area contributed by atoms with Gasteiger partial charge in [-0.1, -0.05) is 25.3 Å². The standard InChI is InChI=1S/C19H24N4O5S/c24-23(25)16-9-4-10-17(12-16)29(26,27)22-11-5-8-15(13-22)19-21-20-18(28-19)14-6-2-1-3-7-14/h4,9-10,12,14-15H,1-3,5-8,11,13H2. The Hall–Kier alpha value is -2.33. The van der Waals surface area contributed by atoms with Crippen molar-refractivity contribution in [3.8, 4) is 0 Å². The molecule has 1 atom stereocenters. The summed E-state index contributed by atoms with van der Waals surface area (Å²) < 4.78 is 33.4. The van der Waals surface area contributed by atoms with E-state index in [4.69, 9.17) is 4.42 Å². The number of aromatic nitrogens is 2. The van der Waals surface area contributed by atoms with Crippen LogP contribution in [0.3, 0.4) is 0 Å². The maximum absolute atomic E-state index is 13.0. The first-order valence-electron chi connectivity index (χ1n) is 10.0. The lowest BCUT2D eigenvalue weighted by molar-refractivity contribution is -0.385. The minimum absolute atomic E-state index is 0.0687. The largest absolute Gasteiger partial charge is 0.425 e. The molecule has 1 saturated heterocycles. The molecule has 1 aromatic carbocycles. The molecule has 0 spiro atoms. The van der Waals surface area contributed by atoms with Crippen molar-refractivity contribution < 1.29 is 17.8 Å². The van der Waals surface area contributed by atoms with E-state index in [1.54, 1.807) is 0 Å². The van der Waals surface area contributed by atoms with Crippen LogP contribution < -0.4 is 0 Å². The van der Waals surface area contributed by atoms with Crippen LogP contribution in [0.2, 0.25) is 0 Å². The second-order valence-electron chi connectivity index (χ2n) is 7.77. The zero-order valence-corrected chi connectivity index (χ0v) is 16.9. The fraction of sp³-hybridized carbons (Fsp3) is 0.579. The van der Waals surface area contributed by atoms with Gasteiger partial charge in [-0.05, 0) is 31.7 Å². The van der Waals surface area contributed by atoms with Crippen LogP contribution in [0.15, 0.2) is 33.6 Å². The maximum Gasteiger partial charge on any atom is 0.270 e.